The van der Waals surface area contributed by atoms with E-state index in [0.717, 1.165) is 30.0 Å². The van der Waals surface area contributed by atoms with E-state index in [9.17, 15) is 4.79 Å². The van der Waals surface area contributed by atoms with Crippen LogP contribution in [0.15, 0.2) is 41.2 Å². The minimum atomic E-state index is 0.0868. The van der Waals surface area contributed by atoms with Crippen LogP contribution in [0.3, 0.4) is 0 Å². The van der Waals surface area contributed by atoms with Gasteiger partial charge in [0.1, 0.15) is 11.4 Å². The zero-order valence-corrected chi connectivity index (χ0v) is 16.4. The lowest BCUT2D eigenvalue weighted by molar-refractivity contribution is -0.129. The first kappa shape index (κ1) is 17.7. The Balaban J connectivity index is 1.34. The molecule has 0 aliphatic carbocycles. The van der Waals surface area contributed by atoms with Crippen LogP contribution in [0.25, 0.3) is 5.69 Å². The molecular formula is C20H22N6O3. The predicted octanol–water partition coefficient (Wildman–Crippen LogP) is 1.95. The van der Waals surface area contributed by atoms with Crippen molar-refractivity contribution < 1.29 is 14.1 Å². The van der Waals surface area contributed by atoms with Crippen molar-refractivity contribution in [3.05, 3.63) is 48.1 Å². The third-order valence-corrected chi connectivity index (χ3v) is 5.71. The van der Waals surface area contributed by atoms with Gasteiger partial charge in [0.15, 0.2) is 0 Å². The van der Waals surface area contributed by atoms with E-state index >= 15 is 0 Å². The Hall–Kier alpha value is -3.36. The van der Waals surface area contributed by atoms with Gasteiger partial charge in [-0.1, -0.05) is 12.1 Å². The second-order valence-electron chi connectivity index (χ2n) is 7.42. The monoisotopic (exact) mass is 394 g/mol. The van der Waals surface area contributed by atoms with Gasteiger partial charge in [-0.25, -0.2) is 4.68 Å². The SMILES string of the molecule is COc1ccccc1-n1cc(CN2C(=O)C[C@H]3[C@@H]2CCN3c2noc(C)n2)cn1. The van der Waals surface area contributed by atoms with Gasteiger partial charge in [0.25, 0.3) is 5.95 Å². The first-order chi connectivity index (χ1) is 14.1. The quantitative estimate of drug-likeness (QED) is 0.653. The van der Waals surface area contributed by atoms with Crippen molar-refractivity contribution in [2.75, 3.05) is 18.6 Å². The molecule has 2 saturated heterocycles. The van der Waals surface area contributed by atoms with Gasteiger partial charge in [0.2, 0.25) is 11.8 Å². The summed E-state index contributed by atoms with van der Waals surface area (Å²) in [4.78, 5) is 21.1. The zero-order chi connectivity index (χ0) is 20.0. The molecule has 9 heteroatoms. The summed E-state index contributed by atoms with van der Waals surface area (Å²) in [7, 11) is 1.64. The van der Waals surface area contributed by atoms with Crippen LogP contribution in [0, 0.1) is 6.92 Å². The molecule has 0 spiro atoms. The van der Waals surface area contributed by atoms with Crippen molar-refractivity contribution in [2.24, 2.45) is 0 Å². The largest absolute Gasteiger partial charge is 0.494 e. The number of nitrogens with zero attached hydrogens (tertiary/aromatic N) is 6. The maximum Gasteiger partial charge on any atom is 0.266 e. The Morgan fingerprint density at radius 3 is 2.93 bits per heavy atom. The number of methoxy groups -OCH3 is 1. The Morgan fingerprint density at radius 2 is 2.14 bits per heavy atom. The van der Waals surface area contributed by atoms with E-state index in [1.165, 1.54) is 0 Å². The summed E-state index contributed by atoms with van der Waals surface area (Å²) in [6, 6.07) is 7.96. The van der Waals surface area contributed by atoms with Crippen LogP contribution < -0.4 is 9.64 Å². The van der Waals surface area contributed by atoms with Gasteiger partial charge in [0, 0.05) is 38.2 Å². The number of benzene rings is 1. The first-order valence-electron chi connectivity index (χ1n) is 9.67. The molecule has 2 atom stereocenters. The maximum absolute atomic E-state index is 12.7. The van der Waals surface area contributed by atoms with E-state index in [0.29, 0.717) is 24.8 Å². The maximum atomic E-state index is 12.7. The fourth-order valence-electron chi connectivity index (χ4n) is 4.38. The van der Waals surface area contributed by atoms with E-state index in [1.54, 1.807) is 18.7 Å². The number of rotatable bonds is 5. The minimum Gasteiger partial charge on any atom is -0.494 e. The van der Waals surface area contributed by atoms with Gasteiger partial charge in [-0.2, -0.15) is 10.1 Å². The van der Waals surface area contributed by atoms with Gasteiger partial charge >= 0.3 is 0 Å². The van der Waals surface area contributed by atoms with Crippen LogP contribution in [0.1, 0.15) is 24.3 Å². The second-order valence-corrected chi connectivity index (χ2v) is 7.42. The van der Waals surface area contributed by atoms with Crippen LogP contribution in [0.5, 0.6) is 5.75 Å². The highest BCUT2D eigenvalue weighted by Gasteiger charge is 2.47. The molecular weight excluding hydrogens is 372 g/mol. The molecule has 9 nitrogen and oxygen atoms in total. The Morgan fingerprint density at radius 1 is 1.28 bits per heavy atom. The topological polar surface area (TPSA) is 89.5 Å². The highest BCUT2D eigenvalue weighted by atomic mass is 16.5. The van der Waals surface area contributed by atoms with Crippen molar-refractivity contribution in [3.8, 4) is 11.4 Å². The molecule has 5 rings (SSSR count). The fourth-order valence-corrected chi connectivity index (χ4v) is 4.38. The molecule has 1 amide bonds. The number of anilines is 1. The lowest BCUT2D eigenvalue weighted by atomic mass is 10.1. The van der Waals surface area contributed by atoms with E-state index in [1.807, 2.05) is 41.6 Å². The molecule has 29 heavy (non-hydrogen) atoms. The lowest BCUT2D eigenvalue weighted by Crippen LogP contribution is -2.37. The summed E-state index contributed by atoms with van der Waals surface area (Å²) in [6.07, 6.45) is 5.12. The van der Waals surface area contributed by atoms with E-state index < -0.39 is 0 Å². The summed E-state index contributed by atoms with van der Waals surface area (Å²) >= 11 is 0. The van der Waals surface area contributed by atoms with Gasteiger partial charge < -0.3 is 19.1 Å². The smallest absolute Gasteiger partial charge is 0.266 e. The van der Waals surface area contributed by atoms with Crippen LogP contribution in [-0.4, -0.2) is 56.5 Å². The third-order valence-electron chi connectivity index (χ3n) is 5.71. The molecule has 0 saturated carbocycles. The Kier molecular flexibility index (Phi) is 4.22. The number of likely N-dealkylation sites (tertiary alicyclic amines) is 1. The van der Waals surface area contributed by atoms with Gasteiger partial charge in [-0.15, -0.1) is 0 Å². The number of carbonyl (C=O) groups excluding carboxylic acids is 1. The molecule has 2 aromatic heterocycles. The summed E-state index contributed by atoms with van der Waals surface area (Å²) < 4.78 is 12.3. The lowest BCUT2D eigenvalue weighted by Gasteiger charge is -2.24. The average Bonchev–Trinajstić information content (AvgIpc) is 3.49. The number of aromatic nitrogens is 4. The molecule has 1 aromatic carbocycles. The highest BCUT2D eigenvalue weighted by Crippen LogP contribution is 2.35. The number of fused-ring (bicyclic) bond motifs is 1. The van der Waals surface area contributed by atoms with E-state index in [4.69, 9.17) is 9.26 Å². The number of aryl methyl sites for hydroxylation is 1. The first-order valence-corrected chi connectivity index (χ1v) is 9.67. The molecule has 0 N–H and O–H groups in total. The molecule has 3 aromatic rings. The summed E-state index contributed by atoms with van der Waals surface area (Å²) in [5.41, 5.74) is 1.85. The molecule has 0 unspecified atom stereocenters. The number of hydrogen-bond acceptors (Lipinski definition) is 7. The number of hydrogen-bond donors (Lipinski definition) is 0. The van der Waals surface area contributed by atoms with E-state index in [2.05, 4.69) is 20.1 Å². The molecule has 4 heterocycles. The number of amides is 1. The van der Waals surface area contributed by atoms with Crippen molar-refractivity contribution >= 4 is 11.9 Å². The van der Waals surface area contributed by atoms with Crippen molar-refractivity contribution in [3.63, 3.8) is 0 Å². The summed E-state index contributed by atoms with van der Waals surface area (Å²) in [5.74, 6) is 2.01. The summed E-state index contributed by atoms with van der Waals surface area (Å²) in [5, 5.41) is 8.50. The van der Waals surface area contributed by atoms with Crippen molar-refractivity contribution in [1.29, 1.82) is 0 Å². The van der Waals surface area contributed by atoms with Crippen molar-refractivity contribution in [1.82, 2.24) is 24.8 Å². The molecule has 2 fully saturated rings. The number of para-hydroxylation sites is 2. The third kappa shape index (κ3) is 3.02. The highest BCUT2D eigenvalue weighted by molar-refractivity contribution is 5.81. The molecule has 2 aliphatic heterocycles. The molecule has 0 bridgehead atoms. The van der Waals surface area contributed by atoms with Gasteiger partial charge in [-0.05, 0) is 23.7 Å². The van der Waals surface area contributed by atoms with Crippen LogP contribution in [0.2, 0.25) is 0 Å². The molecule has 2 aliphatic rings. The Labute approximate surface area is 167 Å². The van der Waals surface area contributed by atoms with Crippen LogP contribution in [-0.2, 0) is 11.3 Å². The second kappa shape index (κ2) is 6.91. The summed E-state index contributed by atoms with van der Waals surface area (Å²) in [6.45, 7) is 3.13. The predicted molar refractivity (Wildman–Crippen MR) is 104 cm³/mol. The van der Waals surface area contributed by atoms with Gasteiger partial charge in [-0.3, -0.25) is 4.79 Å². The molecule has 150 valence electrons. The van der Waals surface area contributed by atoms with E-state index in [-0.39, 0.29) is 18.0 Å². The Bertz CT molecular complexity index is 1040. The minimum absolute atomic E-state index is 0.0868. The number of ether oxygens (including phenoxy) is 1. The van der Waals surface area contributed by atoms with Crippen molar-refractivity contribution in [2.45, 2.75) is 38.4 Å². The molecule has 0 radical (unpaired) electrons. The standard InChI is InChI=1S/C20H22N6O3/c1-13-22-20(23-29-13)24-8-7-15-17(24)9-19(27)25(15)11-14-10-21-26(12-14)16-5-3-4-6-18(16)28-2/h3-6,10,12,15,17H,7-9,11H2,1-2H3/t15-,17-/m0/s1. The average molecular weight is 394 g/mol. The zero-order valence-electron chi connectivity index (χ0n) is 16.4. The van der Waals surface area contributed by atoms with Crippen LogP contribution in [0.4, 0.5) is 5.95 Å². The van der Waals surface area contributed by atoms with Crippen LogP contribution >= 0.6 is 0 Å². The number of carbonyl (C=O) groups is 1. The fraction of sp³-hybridized carbons (Fsp3) is 0.400. The normalized spacial score (nSPS) is 21.1. The van der Waals surface area contributed by atoms with Gasteiger partial charge in [0.05, 0.1) is 25.4 Å².